The zero-order valence-corrected chi connectivity index (χ0v) is 14.1. The minimum Gasteiger partial charge on any atom is -0.333 e. The van der Waals surface area contributed by atoms with Crippen LogP contribution in [0.2, 0.25) is 0 Å². The minimum atomic E-state index is 0.142. The first kappa shape index (κ1) is 15.6. The van der Waals surface area contributed by atoms with Crippen molar-refractivity contribution in [3.63, 3.8) is 0 Å². The Bertz CT molecular complexity index is 855. The molecule has 1 amide bonds. The molecule has 7 heteroatoms. The number of carbonyl (C=O) groups excluding carboxylic acids is 1. The number of nitrogens with zero attached hydrogens (tertiary/aromatic N) is 5. The van der Waals surface area contributed by atoms with E-state index < -0.39 is 0 Å². The fraction of sp³-hybridized carbons (Fsp3) is 0.333. The van der Waals surface area contributed by atoms with Crippen LogP contribution in [-0.4, -0.2) is 42.3 Å². The van der Waals surface area contributed by atoms with Gasteiger partial charge in [0, 0.05) is 24.7 Å². The van der Waals surface area contributed by atoms with Gasteiger partial charge in [-0.25, -0.2) is 0 Å². The molecule has 1 aromatic carbocycles. The van der Waals surface area contributed by atoms with Crippen LogP contribution in [0.4, 0.5) is 0 Å². The second-order valence-corrected chi connectivity index (χ2v) is 6.41. The van der Waals surface area contributed by atoms with Gasteiger partial charge in [0.25, 0.3) is 0 Å². The molecule has 0 saturated carbocycles. The largest absolute Gasteiger partial charge is 0.333 e. The average Bonchev–Trinajstić information content (AvgIpc) is 3.30. The zero-order chi connectivity index (χ0) is 17.2. The molecule has 2 aromatic heterocycles. The highest BCUT2D eigenvalue weighted by Crippen LogP contribution is 2.27. The summed E-state index contributed by atoms with van der Waals surface area (Å²) in [5.41, 5.74) is 2.10. The Morgan fingerprint density at radius 3 is 2.88 bits per heavy atom. The molecule has 1 N–H and O–H groups in total. The molecule has 0 radical (unpaired) electrons. The van der Waals surface area contributed by atoms with E-state index in [9.17, 15) is 4.79 Å². The lowest BCUT2D eigenvalue weighted by molar-refractivity contribution is -0.133. The van der Waals surface area contributed by atoms with Gasteiger partial charge in [-0.2, -0.15) is 5.10 Å². The summed E-state index contributed by atoms with van der Waals surface area (Å²) in [4.78, 5) is 14.4. The lowest BCUT2D eigenvalue weighted by atomic mass is 10.1. The fourth-order valence-electron chi connectivity index (χ4n) is 3.33. The van der Waals surface area contributed by atoms with Crippen LogP contribution in [0.3, 0.4) is 0 Å². The molecule has 4 rings (SSSR count). The van der Waals surface area contributed by atoms with Gasteiger partial charge in [-0.3, -0.25) is 9.89 Å². The van der Waals surface area contributed by atoms with E-state index in [1.165, 1.54) is 0 Å². The molecule has 1 aliphatic rings. The Labute approximate surface area is 145 Å². The normalized spacial score (nSPS) is 16.7. The van der Waals surface area contributed by atoms with E-state index in [2.05, 4.69) is 31.9 Å². The molecule has 0 bridgehead atoms. The van der Waals surface area contributed by atoms with Crippen molar-refractivity contribution in [3.8, 4) is 11.4 Å². The van der Waals surface area contributed by atoms with Crippen LogP contribution in [0.5, 0.6) is 0 Å². The fourth-order valence-corrected chi connectivity index (χ4v) is 3.33. The summed E-state index contributed by atoms with van der Waals surface area (Å²) in [7, 11) is 0. The predicted molar refractivity (Wildman–Crippen MR) is 92.5 cm³/mol. The molecule has 25 heavy (non-hydrogen) atoms. The minimum absolute atomic E-state index is 0.142. The number of carbonyl (C=O) groups is 1. The molecule has 3 heterocycles. The maximum atomic E-state index is 12.6. The van der Waals surface area contributed by atoms with Crippen molar-refractivity contribution in [1.29, 1.82) is 0 Å². The Balaban J connectivity index is 1.50. The number of hydrogen-bond donors (Lipinski definition) is 1. The second kappa shape index (κ2) is 6.51. The first-order valence-electron chi connectivity index (χ1n) is 8.47. The van der Waals surface area contributed by atoms with Crippen molar-refractivity contribution in [1.82, 2.24) is 29.9 Å². The highest BCUT2D eigenvalue weighted by molar-refractivity contribution is 5.76. The molecule has 1 atom stereocenters. The Morgan fingerprint density at radius 1 is 1.28 bits per heavy atom. The molecule has 0 unspecified atom stereocenters. The number of aromatic nitrogens is 5. The third kappa shape index (κ3) is 3.05. The molecular weight excluding hydrogens is 316 g/mol. The second-order valence-electron chi connectivity index (χ2n) is 6.41. The Hall–Kier alpha value is -2.96. The van der Waals surface area contributed by atoms with Crippen LogP contribution in [0, 0.1) is 0 Å². The van der Waals surface area contributed by atoms with Gasteiger partial charge < -0.3 is 9.47 Å². The lowest BCUT2D eigenvalue weighted by Gasteiger charge is -2.32. The highest BCUT2D eigenvalue weighted by Gasteiger charge is 2.29. The van der Waals surface area contributed by atoms with Crippen LogP contribution >= 0.6 is 0 Å². The van der Waals surface area contributed by atoms with E-state index in [4.69, 9.17) is 0 Å². The first-order valence-corrected chi connectivity index (χ1v) is 8.47. The predicted octanol–water partition coefficient (Wildman–Crippen LogP) is 2.20. The van der Waals surface area contributed by atoms with E-state index in [1.807, 2.05) is 41.4 Å². The van der Waals surface area contributed by atoms with E-state index in [1.54, 1.807) is 6.20 Å². The number of aryl methyl sites for hydroxylation is 1. The monoisotopic (exact) mass is 336 g/mol. The first-order chi connectivity index (χ1) is 12.2. The molecular formula is C18H20N6O. The summed E-state index contributed by atoms with van der Waals surface area (Å²) in [5.74, 6) is 1.85. The van der Waals surface area contributed by atoms with Crippen molar-refractivity contribution in [3.05, 3.63) is 54.1 Å². The summed E-state index contributed by atoms with van der Waals surface area (Å²) >= 11 is 0. The standard InChI is InChI=1S/C18H20N6O/c1-13-11-23(17(25)8-7-14-9-19-20-10-14)12-16-21-22-18(24(13)16)15-5-3-2-4-6-15/h2-6,9-10,13H,7-8,11-12H2,1H3,(H,19,20)/t13-/m0/s1. The smallest absolute Gasteiger partial charge is 0.223 e. The van der Waals surface area contributed by atoms with Gasteiger partial charge in [0.1, 0.15) is 0 Å². The van der Waals surface area contributed by atoms with E-state index >= 15 is 0 Å². The van der Waals surface area contributed by atoms with E-state index in [0.29, 0.717) is 25.9 Å². The number of H-pyrrole nitrogens is 1. The Kier molecular flexibility index (Phi) is 4.05. The van der Waals surface area contributed by atoms with Crippen molar-refractivity contribution in [2.24, 2.45) is 0 Å². The van der Waals surface area contributed by atoms with Gasteiger partial charge in [-0.05, 0) is 18.9 Å². The van der Waals surface area contributed by atoms with Gasteiger partial charge in [-0.15, -0.1) is 10.2 Å². The molecule has 0 aliphatic carbocycles. The number of hydrogen-bond acceptors (Lipinski definition) is 4. The Morgan fingerprint density at radius 2 is 2.12 bits per heavy atom. The number of fused-ring (bicyclic) bond motifs is 1. The summed E-state index contributed by atoms with van der Waals surface area (Å²) in [6, 6.07) is 10.2. The van der Waals surface area contributed by atoms with E-state index in [-0.39, 0.29) is 11.9 Å². The van der Waals surface area contributed by atoms with Crippen molar-refractivity contribution in [2.75, 3.05) is 6.54 Å². The summed E-state index contributed by atoms with van der Waals surface area (Å²) in [6.07, 6.45) is 4.76. The van der Waals surface area contributed by atoms with E-state index in [0.717, 1.165) is 22.8 Å². The van der Waals surface area contributed by atoms with Gasteiger partial charge in [0.15, 0.2) is 11.6 Å². The molecule has 0 spiro atoms. The molecule has 0 saturated heterocycles. The SMILES string of the molecule is C[C@H]1CN(C(=O)CCc2cn[nH]c2)Cc2nnc(-c3ccccc3)n21. The van der Waals surface area contributed by atoms with Crippen molar-refractivity contribution in [2.45, 2.75) is 32.4 Å². The van der Waals surface area contributed by atoms with Crippen LogP contribution in [0.1, 0.15) is 30.8 Å². The van der Waals surface area contributed by atoms with Crippen LogP contribution in [0.25, 0.3) is 11.4 Å². The molecule has 7 nitrogen and oxygen atoms in total. The van der Waals surface area contributed by atoms with Crippen LogP contribution in [0.15, 0.2) is 42.7 Å². The maximum absolute atomic E-state index is 12.6. The summed E-state index contributed by atoms with van der Waals surface area (Å²) in [5, 5.41) is 15.4. The third-order valence-electron chi connectivity index (χ3n) is 4.59. The number of aromatic amines is 1. The topological polar surface area (TPSA) is 79.7 Å². The number of benzene rings is 1. The highest BCUT2D eigenvalue weighted by atomic mass is 16.2. The number of nitrogens with one attached hydrogen (secondary N) is 1. The lowest BCUT2D eigenvalue weighted by Crippen LogP contribution is -2.40. The summed E-state index contributed by atoms with van der Waals surface area (Å²) < 4.78 is 2.15. The van der Waals surface area contributed by atoms with Gasteiger partial charge in [0.2, 0.25) is 5.91 Å². The summed E-state index contributed by atoms with van der Waals surface area (Å²) in [6.45, 7) is 3.29. The molecule has 0 fully saturated rings. The molecule has 128 valence electrons. The van der Waals surface area contributed by atoms with Gasteiger partial charge >= 0.3 is 0 Å². The van der Waals surface area contributed by atoms with Gasteiger partial charge in [-0.1, -0.05) is 30.3 Å². The van der Waals surface area contributed by atoms with Crippen LogP contribution < -0.4 is 0 Å². The van der Waals surface area contributed by atoms with Crippen LogP contribution in [-0.2, 0) is 17.8 Å². The number of amides is 1. The molecule has 1 aliphatic heterocycles. The third-order valence-corrected chi connectivity index (χ3v) is 4.59. The molecule has 3 aromatic rings. The zero-order valence-electron chi connectivity index (χ0n) is 14.1. The average molecular weight is 336 g/mol. The van der Waals surface area contributed by atoms with Crippen molar-refractivity contribution < 1.29 is 4.79 Å². The quantitative estimate of drug-likeness (QED) is 0.792. The maximum Gasteiger partial charge on any atom is 0.223 e. The van der Waals surface area contributed by atoms with Crippen molar-refractivity contribution >= 4 is 5.91 Å². The number of rotatable bonds is 4. The van der Waals surface area contributed by atoms with Gasteiger partial charge in [0.05, 0.1) is 18.8 Å².